The molecule has 5 N–H and O–H groups in total. The largest absolute Gasteiger partial charge is 0.399 e. The quantitative estimate of drug-likeness (QED) is 0.214. The van der Waals surface area contributed by atoms with Gasteiger partial charge in [0.05, 0.1) is 17.4 Å². The summed E-state index contributed by atoms with van der Waals surface area (Å²) in [6, 6.07) is 12.8. The zero-order chi connectivity index (χ0) is 33.1. The number of anilines is 2. The molecule has 6 rings (SSSR count). The summed E-state index contributed by atoms with van der Waals surface area (Å²) in [6.07, 6.45) is 9.08. The van der Waals surface area contributed by atoms with Crippen LogP contribution in [0.2, 0.25) is 0 Å². The van der Waals surface area contributed by atoms with E-state index in [1.165, 1.54) is 22.3 Å². The molecule has 0 radical (unpaired) electrons. The van der Waals surface area contributed by atoms with Gasteiger partial charge in [-0.15, -0.1) is 0 Å². The fraction of sp³-hybridized carbons (Fsp3) is 0.615. The molecule has 2 aromatic carbocycles. The van der Waals surface area contributed by atoms with Gasteiger partial charge in [0.15, 0.2) is 0 Å². The summed E-state index contributed by atoms with van der Waals surface area (Å²) in [5.74, 6) is -0.0434. The minimum Gasteiger partial charge on any atom is -0.399 e. The third-order valence-corrected chi connectivity index (χ3v) is 13.0. The van der Waals surface area contributed by atoms with Crippen molar-refractivity contribution in [1.82, 2.24) is 10.6 Å². The molecule has 0 bridgehead atoms. The molecule has 0 spiro atoms. The summed E-state index contributed by atoms with van der Waals surface area (Å²) in [7, 11) is 0. The van der Waals surface area contributed by atoms with Gasteiger partial charge in [0.2, 0.25) is 17.7 Å². The van der Waals surface area contributed by atoms with Crippen molar-refractivity contribution in [3.05, 3.63) is 58.7 Å². The number of rotatable bonds is 6. The van der Waals surface area contributed by atoms with Gasteiger partial charge in [0.1, 0.15) is 0 Å². The van der Waals surface area contributed by atoms with Gasteiger partial charge in [-0.1, -0.05) is 66.5 Å². The maximum Gasteiger partial charge on any atom is 0.238 e. The van der Waals surface area contributed by atoms with Crippen molar-refractivity contribution in [1.29, 1.82) is 0 Å². The molecule has 0 saturated heterocycles. The first-order valence-corrected chi connectivity index (χ1v) is 17.6. The molecule has 7 heteroatoms. The predicted octanol–water partition coefficient (Wildman–Crippen LogP) is 6.57. The Morgan fingerprint density at radius 2 is 1.30 bits per heavy atom. The standard InChI is InChI=1S/C39H54N4O3/c1-24(2)41-23-33(44)42-28-14-10-26-12-16-32-37(4,30(26)22-28)18-8-20-39(32,6)35(46)43-34(45)38(5)19-7-17-36(3)29-21-27(40)13-9-25(29)11-15-31(36)38/h9-10,13-14,21-22,24,31-32,41H,7-8,11-12,15-20,23,40H2,1-6H3,(H,42,44)(H,43,45,46)/t31-,32-,36-,37-,38+,39+/m1/s1. The van der Waals surface area contributed by atoms with E-state index in [-0.39, 0.29) is 53.0 Å². The zero-order valence-corrected chi connectivity index (χ0v) is 28.8. The first-order chi connectivity index (χ1) is 21.7. The Bertz CT molecular complexity index is 1550. The summed E-state index contributed by atoms with van der Waals surface area (Å²) in [5, 5.41) is 9.31. The van der Waals surface area contributed by atoms with E-state index >= 15 is 0 Å². The summed E-state index contributed by atoms with van der Waals surface area (Å²) in [5.41, 5.74) is 11.3. The number of carbonyl (C=O) groups excluding carboxylic acids is 3. The van der Waals surface area contributed by atoms with Crippen LogP contribution in [0.4, 0.5) is 11.4 Å². The van der Waals surface area contributed by atoms with Gasteiger partial charge < -0.3 is 16.4 Å². The molecule has 2 saturated carbocycles. The molecule has 4 aliphatic carbocycles. The van der Waals surface area contributed by atoms with Crippen LogP contribution in [0, 0.1) is 22.7 Å². The van der Waals surface area contributed by atoms with Gasteiger partial charge in [0, 0.05) is 17.4 Å². The Labute approximate surface area is 275 Å². The van der Waals surface area contributed by atoms with Gasteiger partial charge in [0.25, 0.3) is 0 Å². The number of hydrogen-bond acceptors (Lipinski definition) is 5. The molecular formula is C39H54N4O3. The van der Waals surface area contributed by atoms with Crippen LogP contribution < -0.4 is 21.7 Å². The lowest BCUT2D eigenvalue weighted by Crippen LogP contribution is -2.60. The predicted molar refractivity (Wildman–Crippen MR) is 184 cm³/mol. The van der Waals surface area contributed by atoms with Gasteiger partial charge in [-0.25, -0.2) is 0 Å². The highest BCUT2D eigenvalue weighted by Crippen LogP contribution is 2.59. The Balaban J connectivity index is 1.23. The van der Waals surface area contributed by atoms with Crippen LogP contribution in [0.3, 0.4) is 0 Å². The zero-order valence-electron chi connectivity index (χ0n) is 28.8. The van der Waals surface area contributed by atoms with Gasteiger partial charge >= 0.3 is 0 Å². The molecule has 0 heterocycles. The third-order valence-electron chi connectivity index (χ3n) is 13.0. The van der Waals surface area contributed by atoms with Crippen LogP contribution in [-0.4, -0.2) is 30.3 Å². The molecular weight excluding hydrogens is 572 g/mol. The lowest BCUT2D eigenvalue weighted by atomic mass is 9.49. The summed E-state index contributed by atoms with van der Waals surface area (Å²) >= 11 is 0. The van der Waals surface area contributed by atoms with E-state index in [1.54, 1.807) is 0 Å². The number of nitrogens with one attached hydrogen (secondary N) is 3. The second-order valence-electron chi connectivity index (χ2n) is 16.2. The molecule has 6 atom stereocenters. The Kier molecular flexibility index (Phi) is 8.40. The molecule has 46 heavy (non-hydrogen) atoms. The van der Waals surface area contributed by atoms with Gasteiger partial charge in [-0.05, 0) is 121 Å². The maximum absolute atomic E-state index is 14.4. The number of aryl methyl sites for hydroxylation is 2. The Morgan fingerprint density at radius 3 is 1.85 bits per heavy atom. The monoisotopic (exact) mass is 626 g/mol. The van der Waals surface area contributed by atoms with Crippen LogP contribution in [0.15, 0.2) is 36.4 Å². The molecule has 2 fully saturated rings. The van der Waals surface area contributed by atoms with Crippen molar-refractivity contribution in [3.63, 3.8) is 0 Å². The molecule has 2 aromatic rings. The fourth-order valence-corrected chi connectivity index (χ4v) is 10.4. The van der Waals surface area contributed by atoms with E-state index in [9.17, 15) is 14.4 Å². The lowest BCUT2D eigenvalue weighted by Gasteiger charge is -2.56. The van der Waals surface area contributed by atoms with Crippen molar-refractivity contribution < 1.29 is 14.4 Å². The number of benzene rings is 2. The van der Waals surface area contributed by atoms with E-state index in [2.05, 4.69) is 67.9 Å². The number of amides is 3. The second kappa shape index (κ2) is 11.8. The van der Waals surface area contributed by atoms with Gasteiger partial charge in [-0.2, -0.15) is 0 Å². The third kappa shape index (κ3) is 5.36. The van der Waals surface area contributed by atoms with Gasteiger partial charge in [-0.3, -0.25) is 19.7 Å². The van der Waals surface area contributed by atoms with E-state index in [1.807, 2.05) is 26.0 Å². The molecule has 4 aliphatic rings. The van der Waals surface area contributed by atoms with Crippen LogP contribution >= 0.6 is 0 Å². The van der Waals surface area contributed by atoms with Crippen molar-refractivity contribution in [3.8, 4) is 0 Å². The lowest BCUT2D eigenvalue weighted by molar-refractivity contribution is -0.150. The Morgan fingerprint density at radius 1 is 0.783 bits per heavy atom. The first-order valence-electron chi connectivity index (χ1n) is 17.6. The average Bonchev–Trinajstić information content (AvgIpc) is 3.00. The van der Waals surface area contributed by atoms with Crippen LogP contribution in [0.25, 0.3) is 0 Å². The summed E-state index contributed by atoms with van der Waals surface area (Å²) in [4.78, 5) is 41.4. The average molecular weight is 627 g/mol. The van der Waals surface area contributed by atoms with Crippen molar-refractivity contribution >= 4 is 29.1 Å². The number of nitrogens with two attached hydrogens (primary N) is 1. The number of nitrogen functional groups attached to an aromatic ring is 1. The Hall–Kier alpha value is -3.19. The molecule has 7 nitrogen and oxygen atoms in total. The highest BCUT2D eigenvalue weighted by Gasteiger charge is 2.58. The van der Waals surface area contributed by atoms with Crippen LogP contribution in [-0.2, 0) is 38.1 Å². The van der Waals surface area contributed by atoms with Crippen LogP contribution in [0.5, 0.6) is 0 Å². The summed E-state index contributed by atoms with van der Waals surface area (Å²) < 4.78 is 0. The smallest absolute Gasteiger partial charge is 0.238 e. The van der Waals surface area contributed by atoms with E-state index in [4.69, 9.17) is 5.73 Å². The highest BCUT2D eigenvalue weighted by molar-refractivity contribution is 6.01. The van der Waals surface area contributed by atoms with Crippen molar-refractivity contribution in [2.24, 2.45) is 22.7 Å². The van der Waals surface area contributed by atoms with Crippen molar-refractivity contribution in [2.45, 2.75) is 123 Å². The second-order valence-corrected chi connectivity index (χ2v) is 16.2. The molecule has 0 aliphatic heterocycles. The van der Waals surface area contributed by atoms with Crippen LogP contribution in [0.1, 0.15) is 115 Å². The number of carbonyl (C=O) groups is 3. The molecule has 0 aromatic heterocycles. The molecule has 0 unspecified atom stereocenters. The maximum atomic E-state index is 14.4. The topological polar surface area (TPSA) is 113 Å². The van der Waals surface area contributed by atoms with Crippen molar-refractivity contribution in [2.75, 3.05) is 17.6 Å². The van der Waals surface area contributed by atoms with E-state index < -0.39 is 10.8 Å². The van der Waals surface area contributed by atoms with E-state index in [0.29, 0.717) is 0 Å². The normalized spacial score (nSPS) is 33.2. The molecule has 3 amide bonds. The first kappa shape index (κ1) is 32.7. The minimum absolute atomic E-state index is 0.0604. The highest BCUT2D eigenvalue weighted by atomic mass is 16.2. The fourth-order valence-electron chi connectivity index (χ4n) is 10.4. The summed E-state index contributed by atoms with van der Waals surface area (Å²) in [6.45, 7) is 13.1. The molecule has 248 valence electrons. The minimum atomic E-state index is -0.664. The number of hydrogen-bond donors (Lipinski definition) is 4. The number of imide groups is 1. The van der Waals surface area contributed by atoms with E-state index in [0.717, 1.165) is 75.6 Å². The SMILES string of the molecule is CC(C)NCC(=O)Nc1ccc2c(c1)[C@@]1(C)CCC[C@](C)(C(=O)NC(=O)[C@@]3(C)CCC[C@]4(C)c5cc(N)ccc5CC[C@@H]34)[C@@H]1CC2. The number of fused-ring (bicyclic) bond motifs is 6.